The first-order valence-electron chi connectivity index (χ1n) is 8.99. The summed E-state index contributed by atoms with van der Waals surface area (Å²) in [6, 6.07) is 2.64. The van der Waals surface area contributed by atoms with Crippen LogP contribution in [0.5, 0.6) is 0 Å². The molecule has 1 aliphatic heterocycles. The van der Waals surface area contributed by atoms with Gasteiger partial charge in [0.2, 0.25) is 0 Å². The molecule has 1 aromatic carbocycles. The summed E-state index contributed by atoms with van der Waals surface area (Å²) in [5, 5.41) is 21.9. The summed E-state index contributed by atoms with van der Waals surface area (Å²) in [6.07, 6.45) is -1.02. The summed E-state index contributed by atoms with van der Waals surface area (Å²) in [4.78, 5) is 12.5. The molecular formula is C18H23F3N2O3. The number of alkyl halides is 3. The Kier molecular flexibility index (Phi) is 5.14. The highest BCUT2D eigenvalue weighted by molar-refractivity contribution is 5.65. The third-order valence-corrected chi connectivity index (χ3v) is 5.73. The van der Waals surface area contributed by atoms with Gasteiger partial charge in [-0.2, -0.15) is 13.2 Å². The highest BCUT2D eigenvalue weighted by Gasteiger charge is 2.41. The van der Waals surface area contributed by atoms with Crippen molar-refractivity contribution in [2.75, 3.05) is 11.4 Å². The average molecular weight is 372 g/mol. The number of nitro benzene ring substituents is 1. The van der Waals surface area contributed by atoms with Crippen molar-refractivity contribution in [3.8, 4) is 0 Å². The molecule has 1 aromatic rings. The van der Waals surface area contributed by atoms with Crippen LogP contribution in [0.1, 0.15) is 44.6 Å². The van der Waals surface area contributed by atoms with Crippen molar-refractivity contribution < 1.29 is 23.2 Å². The minimum Gasteiger partial charge on any atom is -0.393 e. The van der Waals surface area contributed by atoms with Gasteiger partial charge in [0.15, 0.2) is 0 Å². The van der Waals surface area contributed by atoms with E-state index < -0.39 is 28.5 Å². The monoisotopic (exact) mass is 372 g/mol. The number of aliphatic hydroxyl groups is 1. The molecule has 0 amide bonds. The fraction of sp³-hybridized carbons (Fsp3) is 0.667. The maximum absolute atomic E-state index is 12.9. The van der Waals surface area contributed by atoms with E-state index >= 15 is 0 Å². The molecular weight excluding hydrogens is 349 g/mol. The Labute approximate surface area is 150 Å². The van der Waals surface area contributed by atoms with E-state index in [0.717, 1.165) is 31.7 Å². The Bertz CT molecular complexity index is 680. The maximum Gasteiger partial charge on any atom is 0.416 e. The van der Waals surface area contributed by atoms with Crippen molar-refractivity contribution in [2.45, 2.75) is 57.3 Å². The molecule has 1 saturated heterocycles. The molecule has 144 valence electrons. The van der Waals surface area contributed by atoms with Crippen molar-refractivity contribution >= 4 is 11.4 Å². The molecule has 1 N–H and O–H groups in total. The Morgan fingerprint density at radius 2 is 2.00 bits per heavy atom. The van der Waals surface area contributed by atoms with Crippen molar-refractivity contribution in [3.05, 3.63) is 33.9 Å². The van der Waals surface area contributed by atoms with Crippen LogP contribution >= 0.6 is 0 Å². The smallest absolute Gasteiger partial charge is 0.393 e. The van der Waals surface area contributed by atoms with Gasteiger partial charge in [-0.25, -0.2) is 0 Å². The minimum atomic E-state index is -4.62. The molecule has 4 atom stereocenters. The van der Waals surface area contributed by atoms with Crippen LogP contribution in [0.2, 0.25) is 0 Å². The molecule has 0 spiro atoms. The van der Waals surface area contributed by atoms with E-state index in [-0.39, 0.29) is 17.6 Å². The molecule has 1 aliphatic carbocycles. The van der Waals surface area contributed by atoms with E-state index in [4.69, 9.17) is 0 Å². The summed E-state index contributed by atoms with van der Waals surface area (Å²) in [5.74, 6) is 0.455. The van der Waals surface area contributed by atoms with Crippen LogP contribution in [0.25, 0.3) is 0 Å². The number of rotatable bonds is 3. The molecule has 26 heavy (non-hydrogen) atoms. The van der Waals surface area contributed by atoms with Crippen molar-refractivity contribution in [1.29, 1.82) is 0 Å². The number of nitro groups is 1. The van der Waals surface area contributed by atoms with Gasteiger partial charge < -0.3 is 10.0 Å². The van der Waals surface area contributed by atoms with Crippen LogP contribution in [0.15, 0.2) is 18.2 Å². The molecule has 5 nitrogen and oxygen atoms in total. The van der Waals surface area contributed by atoms with E-state index in [2.05, 4.69) is 6.92 Å². The number of nitrogens with zero attached hydrogens (tertiary/aromatic N) is 2. The Hall–Kier alpha value is -1.83. The predicted octanol–water partition coefficient (Wildman–Crippen LogP) is 4.38. The second-order valence-electron chi connectivity index (χ2n) is 7.51. The van der Waals surface area contributed by atoms with E-state index in [1.165, 1.54) is 6.07 Å². The maximum atomic E-state index is 12.9. The highest BCUT2D eigenvalue weighted by Crippen LogP contribution is 2.43. The molecule has 0 bridgehead atoms. The van der Waals surface area contributed by atoms with Gasteiger partial charge in [0.25, 0.3) is 5.69 Å². The van der Waals surface area contributed by atoms with E-state index in [1.54, 1.807) is 0 Å². The molecule has 2 fully saturated rings. The number of aliphatic hydroxyl groups excluding tert-OH is 1. The second kappa shape index (κ2) is 7.06. The van der Waals surface area contributed by atoms with Gasteiger partial charge in [-0.05, 0) is 50.2 Å². The second-order valence-corrected chi connectivity index (χ2v) is 7.51. The van der Waals surface area contributed by atoms with Crippen LogP contribution in [0.4, 0.5) is 24.5 Å². The fourth-order valence-electron chi connectivity index (χ4n) is 4.45. The first-order valence-corrected chi connectivity index (χ1v) is 8.99. The predicted molar refractivity (Wildman–Crippen MR) is 91.0 cm³/mol. The third-order valence-electron chi connectivity index (χ3n) is 5.73. The van der Waals surface area contributed by atoms with Gasteiger partial charge in [-0.15, -0.1) is 0 Å². The largest absolute Gasteiger partial charge is 0.416 e. The van der Waals surface area contributed by atoms with Gasteiger partial charge in [-0.1, -0.05) is 6.92 Å². The Morgan fingerprint density at radius 3 is 2.65 bits per heavy atom. The number of benzene rings is 1. The zero-order valence-corrected chi connectivity index (χ0v) is 14.6. The lowest BCUT2D eigenvalue weighted by atomic mass is 9.76. The van der Waals surface area contributed by atoms with Gasteiger partial charge >= 0.3 is 6.18 Å². The molecule has 3 rings (SSSR count). The van der Waals surface area contributed by atoms with E-state index in [1.807, 2.05) is 4.90 Å². The molecule has 1 heterocycles. The SMILES string of the molecule is C[C@@H]1CC[C@H](O)[C@@H]([C@@H]2CCCN2c2ccc(C(F)(F)F)cc2[N+](=O)[O-])C1. The Morgan fingerprint density at radius 1 is 1.27 bits per heavy atom. The topological polar surface area (TPSA) is 66.6 Å². The molecule has 8 heteroatoms. The van der Waals surface area contributed by atoms with Crippen LogP contribution in [0.3, 0.4) is 0 Å². The lowest BCUT2D eigenvalue weighted by Crippen LogP contribution is -2.44. The minimum absolute atomic E-state index is 0.0110. The van der Waals surface area contributed by atoms with Crippen molar-refractivity contribution in [2.24, 2.45) is 11.8 Å². The lowest BCUT2D eigenvalue weighted by Gasteiger charge is -2.40. The first-order chi connectivity index (χ1) is 12.2. The summed E-state index contributed by atoms with van der Waals surface area (Å²) >= 11 is 0. The molecule has 0 aromatic heterocycles. The van der Waals surface area contributed by atoms with E-state index in [0.29, 0.717) is 24.9 Å². The summed E-state index contributed by atoms with van der Waals surface area (Å²) in [5.41, 5.74) is -1.32. The van der Waals surface area contributed by atoms with Crippen LogP contribution < -0.4 is 4.90 Å². The van der Waals surface area contributed by atoms with Gasteiger partial charge in [0, 0.05) is 24.6 Å². The fourth-order valence-corrected chi connectivity index (χ4v) is 4.45. The van der Waals surface area contributed by atoms with E-state index in [9.17, 15) is 28.4 Å². The molecule has 0 unspecified atom stereocenters. The molecule has 2 aliphatic rings. The lowest BCUT2D eigenvalue weighted by molar-refractivity contribution is -0.384. The van der Waals surface area contributed by atoms with Crippen LogP contribution in [-0.4, -0.2) is 28.7 Å². The Balaban J connectivity index is 1.95. The molecule has 0 radical (unpaired) electrons. The van der Waals surface area contributed by atoms with Crippen molar-refractivity contribution in [3.63, 3.8) is 0 Å². The summed E-state index contributed by atoms with van der Waals surface area (Å²) in [6.45, 7) is 2.67. The van der Waals surface area contributed by atoms with Gasteiger partial charge in [-0.3, -0.25) is 10.1 Å². The van der Waals surface area contributed by atoms with Crippen LogP contribution in [-0.2, 0) is 6.18 Å². The van der Waals surface area contributed by atoms with Gasteiger partial charge in [0.05, 0.1) is 16.6 Å². The third kappa shape index (κ3) is 3.65. The number of hydrogen-bond acceptors (Lipinski definition) is 4. The first kappa shape index (κ1) is 18.9. The zero-order chi connectivity index (χ0) is 19.1. The normalized spacial score (nSPS) is 29.8. The molecule has 1 saturated carbocycles. The zero-order valence-electron chi connectivity index (χ0n) is 14.6. The standard InChI is InChI=1S/C18H23F3N2O3/c1-11-4-7-17(24)13(9-11)14-3-2-8-22(14)15-6-5-12(18(19,20)21)10-16(15)23(25)26/h5-6,10-11,13-14,17,24H,2-4,7-9H2,1H3/t11-,13-,14+,17+/m1/s1. The number of hydrogen-bond donors (Lipinski definition) is 1. The number of halogens is 3. The number of anilines is 1. The highest BCUT2D eigenvalue weighted by atomic mass is 19.4. The quantitative estimate of drug-likeness (QED) is 0.632. The van der Waals surface area contributed by atoms with Crippen LogP contribution in [0, 0.1) is 22.0 Å². The van der Waals surface area contributed by atoms with Crippen molar-refractivity contribution in [1.82, 2.24) is 0 Å². The average Bonchev–Trinajstić information content (AvgIpc) is 3.04. The summed E-state index contributed by atoms with van der Waals surface area (Å²) < 4.78 is 38.8. The summed E-state index contributed by atoms with van der Waals surface area (Å²) in [7, 11) is 0. The van der Waals surface area contributed by atoms with Gasteiger partial charge in [0.1, 0.15) is 5.69 Å².